The van der Waals surface area contributed by atoms with Crippen LogP contribution in [-0.2, 0) is 4.37 Å². The third-order valence-electron chi connectivity index (χ3n) is 0.461. The SMILES string of the molecule is C#CC#C[O+](C#C)C#C. The van der Waals surface area contributed by atoms with Gasteiger partial charge in [-0.15, -0.1) is 6.42 Å². The molecule has 0 fully saturated rings. The van der Waals surface area contributed by atoms with E-state index in [2.05, 4.69) is 17.9 Å². The Morgan fingerprint density at radius 1 is 1.00 bits per heavy atom. The van der Waals surface area contributed by atoms with E-state index in [0.29, 0.717) is 0 Å². The molecule has 0 spiro atoms. The Morgan fingerprint density at radius 3 is 1.89 bits per heavy atom. The topological polar surface area (TPSA) is 2.70 Å². The van der Waals surface area contributed by atoms with E-state index in [0.717, 1.165) is 0 Å². The van der Waals surface area contributed by atoms with Gasteiger partial charge in [-0.1, -0.05) is 0 Å². The maximum Gasteiger partial charge on any atom is 0.350 e. The molecule has 0 amide bonds. The molecular formula is C8H3O+. The van der Waals surface area contributed by atoms with Gasteiger partial charge in [0.05, 0.1) is 5.92 Å². The molecule has 0 saturated carbocycles. The van der Waals surface area contributed by atoms with Crippen LogP contribution in [0.25, 0.3) is 0 Å². The van der Waals surface area contributed by atoms with Crippen molar-refractivity contribution in [2.45, 2.75) is 0 Å². The number of terminal acetylenes is 3. The smallest absolute Gasteiger partial charge is 0.346 e. The third kappa shape index (κ3) is 2.70. The van der Waals surface area contributed by atoms with Crippen molar-refractivity contribution >= 4 is 0 Å². The molecule has 40 valence electrons. The highest BCUT2D eigenvalue weighted by Crippen LogP contribution is 1.82. The van der Waals surface area contributed by atoms with Crippen LogP contribution in [0.3, 0.4) is 0 Å². The molecule has 0 aromatic carbocycles. The zero-order valence-electron chi connectivity index (χ0n) is 4.64. The van der Waals surface area contributed by atoms with E-state index in [-0.39, 0.29) is 0 Å². The molecule has 0 saturated heterocycles. The van der Waals surface area contributed by atoms with Crippen molar-refractivity contribution in [3.63, 3.8) is 0 Å². The summed E-state index contributed by atoms with van der Waals surface area (Å²) < 4.78 is 1.74. The fourth-order valence-corrected chi connectivity index (χ4v) is 0.173. The van der Waals surface area contributed by atoms with Gasteiger partial charge in [0.25, 0.3) is 0 Å². The van der Waals surface area contributed by atoms with Gasteiger partial charge in [0.2, 0.25) is 0 Å². The number of hydrogen-bond donors (Lipinski definition) is 0. The molecule has 0 aliphatic carbocycles. The minimum absolute atomic E-state index is 1.74. The van der Waals surface area contributed by atoms with Crippen LogP contribution < -0.4 is 0 Å². The molecule has 1 nitrogen and oxygen atoms in total. The third-order valence-corrected chi connectivity index (χ3v) is 0.461. The van der Waals surface area contributed by atoms with Gasteiger partial charge in [-0.2, -0.15) is 0 Å². The zero-order valence-corrected chi connectivity index (χ0v) is 4.64. The van der Waals surface area contributed by atoms with E-state index in [4.69, 9.17) is 19.3 Å². The van der Waals surface area contributed by atoms with Crippen LogP contribution in [0.4, 0.5) is 0 Å². The van der Waals surface area contributed by atoms with Gasteiger partial charge >= 0.3 is 18.3 Å². The lowest BCUT2D eigenvalue weighted by atomic mass is 10.7. The van der Waals surface area contributed by atoms with Crippen LogP contribution >= 0.6 is 0 Å². The fraction of sp³-hybridized carbons (Fsp3) is 0. The van der Waals surface area contributed by atoms with Crippen LogP contribution in [0.2, 0.25) is 0 Å². The molecule has 0 radical (unpaired) electrons. The van der Waals surface area contributed by atoms with Crippen molar-refractivity contribution in [1.29, 1.82) is 0 Å². The molecule has 0 aliphatic rings. The van der Waals surface area contributed by atoms with Crippen molar-refractivity contribution in [3.8, 4) is 49.4 Å². The number of hydrogen-bond acceptors (Lipinski definition) is 0. The maximum atomic E-state index is 4.85. The second-order valence-corrected chi connectivity index (χ2v) is 0.913. The van der Waals surface area contributed by atoms with Crippen molar-refractivity contribution in [1.82, 2.24) is 0 Å². The highest BCUT2D eigenvalue weighted by atomic mass is 16.7. The van der Waals surface area contributed by atoms with Crippen LogP contribution in [0.15, 0.2) is 0 Å². The Morgan fingerprint density at radius 2 is 1.56 bits per heavy atom. The average Bonchev–Trinajstić information content (AvgIpc) is 1.91. The highest BCUT2D eigenvalue weighted by molar-refractivity contribution is 5.21. The summed E-state index contributed by atoms with van der Waals surface area (Å²) in [6, 6.07) is 0. The predicted octanol–water partition coefficient (Wildman–Crippen LogP) is 0.314. The summed E-state index contributed by atoms with van der Waals surface area (Å²) in [6.07, 6.45) is 20.8. The lowest BCUT2D eigenvalue weighted by Crippen LogP contribution is -1.87. The van der Waals surface area contributed by atoms with Gasteiger partial charge in [-0.25, -0.2) is 0 Å². The molecule has 0 aromatic heterocycles. The summed E-state index contributed by atoms with van der Waals surface area (Å²) in [5, 5.41) is 0. The van der Waals surface area contributed by atoms with Gasteiger partial charge < -0.3 is 4.37 Å². The van der Waals surface area contributed by atoms with Crippen molar-refractivity contribution in [2.75, 3.05) is 0 Å². The summed E-state index contributed by atoms with van der Waals surface area (Å²) >= 11 is 0. The zero-order chi connectivity index (χ0) is 7.11. The molecule has 0 aliphatic heterocycles. The van der Waals surface area contributed by atoms with Crippen LogP contribution in [-0.4, -0.2) is 0 Å². The van der Waals surface area contributed by atoms with Crippen molar-refractivity contribution in [3.05, 3.63) is 0 Å². The molecule has 0 atom stereocenters. The molecule has 0 aromatic rings. The molecule has 1 heteroatoms. The minimum atomic E-state index is 1.74. The van der Waals surface area contributed by atoms with Crippen molar-refractivity contribution < 1.29 is 4.37 Å². The van der Waals surface area contributed by atoms with Gasteiger partial charge in [0, 0.05) is 0 Å². The summed E-state index contributed by atoms with van der Waals surface area (Å²) in [6.45, 7) is 0. The first-order valence-corrected chi connectivity index (χ1v) is 1.98. The summed E-state index contributed by atoms with van der Waals surface area (Å²) in [5.41, 5.74) is 0. The lowest BCUT2D eigenvalue weighted by Gasteiger charge is -1.85. The van der Waals surface area contributed by atoms with Gasteiger partial charge in [-0.3, -0.25) is 0 Å². The quantitative estimate of drug-likeness (QED) is 0.316. The minimum Gasteiger partial charge on any atom is -0.346 e. The molecule has 0 N–H and O–H groups in total. The fourth-order valence-electron chi connectivity index (χ4n) is 0.173. The molecule has 0 unspecified atom stereocenters. The summed E-state index contributed by atoms with van der Waals surface area (Å²) in [4.78, 5) is 0. The van der Waals surface area contributed by atoms with Crippen LogP contribution in [0, 0.1) is 49.4 Å². The summed E-state index contributed by atoms with van der Waals surface area (Å²) in [5.74, 6) is 4.28. The van der Waals surface area contributed by atoms with E-state index in [1.54, 1.807) is 4.37 Å². The Balaban J connectivity index is 4.12. The first-order valence-electron chi connectivity index (χ1n) is 1.98. The highest BCUT2D eigenvalue weighted by Gasteiger charge is 1.89. The van der Waals surface area contributed by atoms with E-state index in [1.807, 2.05) is 12.2 Å². The monoisotopic (exact) mass is 115 g/mol. The Hall–Kier alpha value is -1.96. The normalized spacial score (nSPS) is 4.56. The van der Waals surface area contributed by atoms with Crippen molar-refractivity contribution in [2.24, 2.45) is 0 Å². The first kappa shape index (κ1) is 7.04. The molecule has 0 heterocycles. The Bertz CT molecular complexity index is 242. The van der Waals surface area contributed by atoms with Gasteiger partial charge in [-0.05, 0) is 18.8 Å². The Labute approximate surface area is 54.7 Å². The molecule has 0 rings (SSSR count). The largest absolute Gasteiger partial charge is 0.350 e. The van der Waals surface area contributed by atoms with Crippen LogP contribution in [0.5, 0.6) is 0 Å². The van der Waals surface area contributed by atoms with Gasteiger partial charge in [0.15, 0.2) is 0 Å². The molecule has 0 bridgehead atoms. The first-order chi connectivity index (χ1) is 4.35. The molecular weight excluding hydrogens is 112 g/mol. The second-order valence-electron chi connectivity index (χ2n) is 0.913. The number of rotatable bonds is 0. The lowest BCUT2D eigenvalue weighted by molar-refractivity contribution is 0.241. The second kappa shape index (κ2) is 4.21. The predicted molar refractivity (Wildman–Crippen MR) is 35.4 cm³/mol. The Kier molecular flexibility index (Phi) is 3.29. The van der Waals surface area contributed by atoms with E-state index >= 15 is 0 Å². The summed E-state index contributed by atoms with van der Waals surface area (Å²) in [7, 11) is 0. The van der Waals surface area contributed by atoms with E-state index < -0.39 is 0 Å². The van der Waals surface area contributed by atoms with E-state index in [1.165, 1.54) is 0 Å². The molecule has 9 heavy (non-hydrogen) atoms. The van der Waals surface area contributed by atoms with E-state index in [9.17, 15) is 0 Å². The standard InChI is InChI=1S/C8H3O/c1-4-7-8-9(5-2)6-3/h1-3H/q+1. The van der Waals surface area contributed by atoms with Gasteiger partial charge in [0.1, 0.15) is 0 Å². The van der Waals surface area contributed by atoms with Crippen LogP contribution in [0.1, 0.15) is 0 Å². The maximum absolute atomic E-state index is 4.85. The average molecular weight is 115 g/mol.